The van der Waals surface area contributed by atoms with E-state index in [0.29, 0.717) is 33.8 Å². The lowest BCUT2D eigenvalue weighted by Crippen LogP contribution is -2.31. The van der Waals surface area contributed by atoms with Crippen LogP contribution >= 0.6 is 47.2 Å². The Morgan fingerprint density at radius 1 is 1.25 bits per heavy atom. The first kappa shape index (κ1) is 17.7. The Morgan fingerprint density at radius 3 is 2.55 bits per heavy atom. The van der Waals surface area contributed by atoms with Gasteiger partial charge in [-0.25, -0.2) is 0 Å². The Hall–Kier alpha value is -0.390. The largest absolute Gasteiger partial charge is 0.487 e. The van der Waals surface area contributed by atoms with Crippen LogP contribution in [0, 0.1) is 0 Å². The van der Waals surface area contributed by atoms with E-state index in [9.17, 15) is 4.79 Å². The minimum atomic E-state index is -0.350. The van der Waals surface area contributed by atoms with Crippen molar-refractivity contribution >= 4 is 53.2 Å². The maximum Gasteiger partial charge on any atom is 0.323 e. The van der Waals surface area contributed by atoms with Crippen molar-refractivity contribution in [3.05, 3.63) is 27.2 Å². The molecule has 0 spiro atoms. The summed E-state index contributed by atoms with van der Waals surface area (Å²) in [4.78, 5) is 11.4. The van der Waals surface area contributed by atoms with Gasteiger partial charge in [0.15, 0.2) is 0 Å². The number of nitrogens with one attached hydrogen (secondary N) is 1. The zero-order chi connectivity index (χ0) is 14.0. The Bertz CT molecular complexity index is 498. The summed E-state index contributed by atoms with van der Waals surface area (Å²) in [6.45, 7) is 0.538. The molecule has 1 aromatic carbocycles. The van der Waals surface area contributed by atoms with Crippen molar-refractivity contribution in [1.29, 1.82) is 0 Å². The van der Waals surface area contributed by atoms with Gasteiger partial charge in [0.2, 0.25) is 0 Å². The van der Waals surface area contributed by atoms with Crippen LogP contribution in [0.5, 0.6) is 5.75 Å². The number of ether oxygens (including phenoxy) is 2. The van der Waals surface area contributed by atoms with E-state index < -0.39 is 0 Å². The van der Waals surface area contributed by atoms with E-state index in [-0.39, 0.29) is 30.5 Å². The molecule has 0 unspecified atom stereocenters. The first-order chi connectivity index (χ1) is 9.01. The highest BCUT2D eigenvalue weighted by molar-refractivity contribution is 6.43. The molecule has 4 nitrogen and oxygen atoms in total. The van der Waals surface area contributed by atoms with Crippen LogP contribution in [0.3, 0.4) is 0 Å². The van der Waals surface area contributed by atoms with Crippen molar-refractivity contribution in [2.24, 2.45) is 0 Å². The van der Waals surface area contributed by atoms with Gasteiger partial charge in [0.25, 0.3) is 0 Å². The maximum absolute atomic E-state index is 11.4. The summed E-state index contributed by atoms with van der Waals surface area (Å²) in [5.74, 6) is 0.153. The van der Waals surface area contributed by atoms with E-state index in [1.807, 2.05) is 0 Å². The molecule has 2 atom stereocenters. The standard InChI is InChI=1S/C12H12Cl3NO3.ClH/c1-18-12(17)10-2-6(5-16-10)19-11-4-8(14)7(13)3-9(11)15;/h3-4,6,10,16H,2,5H2,1H3;1H/t6-,10+;/m1./s1. The fourth-order valence-electron chi connectivity index (χ4n) is 1.89. The zero-order valence-electron chi connectivity index (χ0n) is 10.5. The SMILES string of the molecule is COC(=O)[C@@H]1C[C@@H](Oc2cc(Cl)c(Cl)cc2Cl)CN1.Cl. The van der Waals surface area contributed by atoms with Crippen LogP contribution in [-0.4, -0.2) is 31.8 Å². The topological polar surface area (TPSA) is 47.6 Å². The molecular weight excluding hydrogens is 348 g/mol. The molecule has 0 aliphatic carbocycles. The number of esters is 1. The third-order valence-electron chi connectivity index (χ3n) is 2.84. The second-order valence-corrected chi connectivity index (χ2v) is 5.38. The van der Waals surface area contributed by atoms with Gasteiger partial charge in [-0.05, 0) is 6.07 Å². The molecule has 112 valence electrons. The van der Waals surface area contributed by atoms with Crippen molar-refractivity contribution in [1.82, 2.24) is 5.32 Å². The molecule has 1 saturated heterocycles. The van der Waals surface area contributed by atoms with Crippen LogP contribution in [0.2, 0.25) is 15.1 Å². The van der Waals surface area contributed by atoms with Gasteiger partial charge in [-0.15, -0.1) is 12.4 Å². The number of hydrogen-bond donors (Lipinski definition) is 1. The van der Waals surface area contributed by atoms with E-state index in [4.69, 9.17) is 39.5 Å². The van der Waals surface area contributed by atoms with Gasteiger partial charge in [0.1, 0.15) is 17.9 Å². The summed E-state index contributed by atoms with van der Waals surface area (Å²) >= 11 is 17.8. The summed E-state index contributed by atoms with van der Waals surface area (Å²) in [5.41, 5.74) is 0. The minimum Gasteiger partial charge on any atom is -0.487 e. The lowest BCUT2D eigenvalue weighted by molar-refractivity contribution is -0.142. The molecule has 1 heterocycles. The number of carbonyl (C=O) groups is 1. The summed E-state index contributed by atoms with van der Waals surface area (Å²) in [5, 5.41) is 4.15. The monoisotopic (exact) mass is 359 g/mol. The second kappa shape index (κ2) is 7.57. The molecule has 2 rings (SSSR count). The number of carbonyl (C=O) groups excluding carboxylic acids is 1. The second-order valence-electron chi connectivity index (χ2n) is 4.16. The molecule has 1 fully saturated rings. The first-order valence-electron chi connectivity index (χ1n) is 5.63. The fraction of sp³-hybridized carbons (Fsp3) is 0.417. The summed E-state index contributed by atoms with van der Waals surface area (Å²) in [6, 6.07) is 2.75. The number of hydrogen-bond acceptors (Lipinski definition) is 4. The van der Waals surface area contributed by atoms with Crippen LogP contribution in [0.1, 0.15) is 6.42 Å². The molecule has 0 amide bonds. The van der Waals surface area contributed by atoms with Crippen molar-refractivity contribution in [2.75, 3.05) is 13.7 Å². The highest BCUT2D eigenvalue weighted by atomic mass is 35.5. The van der Waals surface area contributed by atoms with Crippen LogP contribution in [0.4, 0.5) is 0 Å². The number of rotatable bonds is 3. The van der Waals surface area contributed by atoms with E-state index in [1.54, 1.807) is 6.07 Å². The average molecular weight is 361 g/mol. The molecule has 1 aliphatic rings. The lowest BCUT2D eigenvalue weighted by Gasteiger charge is -2.14. The van der Waals surface area contributed by atoms with Crippen molar-refractivity contribution in [3.8, 4) is 5.75 Å². The summed E-state index contributed by atoms with van der Waals surface area (Å²) in [6.07, 6.45) is 0.349. The smallest absolute Gasteiger partial charge is 0.323 e. The van der Waals surface area contributed by atoms with Crippen molar-refractivity contribution in [3.63, 3.8) is 0 Å². The summed E-state index contributed by atoms with van der Waals surface area (Å²) in [7, 11) is 1.36. The third kappa shape index (κ3) is 4.06. The van der Waals surface area contributed by atoms with E-state index in [0.717, 1.165) is 0 Å². The highest BCUT2D eigenvalue weighted by Crippen LogP contribution is 2.35. The van der Waals surface area contributed by atoms with Crippen LogP contribution in [0.15, 0.2) is 12.1 Å². The molecule has 8 heteroatoms. The minimum absolute atomic E-state index is 0. The van der Waals surface area contributed by atoms with Gasteiger partial charge in [0, 0.05) is 19.0 Å². The normalized spacial score (nSPS) is 21.2. The van der Waals surface area contributed by atoms with Crippen molar-refractivity contribution < 1.29 is 14.3 Å². The van der Waals surface area contributed by atoms with E-state index >= 15 is 0 Å². The van der Waals surface area contributed by atoms with Gasteiger partial charge in [0.05, 0.1) is 22.2 Å². The lowest BCUT2D eigenvalue weighted by atomic mass is 10.2. The Kier molecular flexibility index (Phi) is 6.69. The summed E-state index contributed by atoms with van der Waals surface area (Å²) < 4.78 is 10.4. The molecule has 0 bridgehead atoms. The first-order valence-corrected chi connectivity index (χ1v) is 6.77. The van der Waals surface area contributed by atoms with Crippen LogP contribution < -0.4 is 10.1 Å². The highest BCUT2D eigenvalue weighted by Gasteiger charge is 2.31. The molecular formula is C12H13Cl4NO3. The Morgan fingerprint density at radius 2 is 1.90 bits per heavy atom. The molecule has 0 saturated carbocycles. The molecule has 0 aromatic heterocycles. The van der Waals surface area contributed by atoms with E-state index in [1.165, 1.54) is 13.2 Å². The van der Waals surface area contributed by atoms with Gasteiger partial charge in [-0.2, -0.15) is 0 Å². The Balaban J connectivity index is 0.00000200. The zero-order valence-corrected chi connectivity index (χ0v) is 13.6. The maximum atomic E-state index is 11.4. The fourth-order valence-corrected chi connectivity index (χ4v) is 2.47. The number of benzene rings is 1. The molecule has 20 heavy (non-hydrogen) atoms. The quantitative estimate of drug-likeness (QED) is 0.663. The van der Waals surface area contributed by atoms with Crippen LogP contribution in [0.25, 0.3) is 0 Å². The molecule has 1 aliphatic heterocycles. The predicted octanol–water partition coefficient (Wildman–Crippen LogP) is 3.35. The third-order valence-corrected chi connectivity index (χ3v) is 3.86. The number of halogens is 4. The molecule has 0 radical (unpaired) electrons. The van der Waals surface area contributed by atoms with E-state index in [2.05, 4.69) is 10.1 Å². The Labute approximate surface area is 138 Å². The van der Waals surface area contributed by atoms with Crippen LogP contribution in [-0.2, 0) is 9.53 Å². The average Bonchev–Trinajstić information content (AvgIpc) is 2.83. The van der Waals surface area contributed by atoms with Gasteiger partial charge in [-0.1, -0.05) is 34.8 Å². The number of methoxy groups -OCH3 is 1. The van der Waals surface area contributed by atoms with Gasteiger partial charge >= 0.3 is 5.97 Å². The molecule has 1 N–H and O–H groups in total. The van der Waals surface area contributed by atoms with Gasteiger partial charge in [-0.3, -0.25) is 4.79 Å². The van der Waals surface area contributed by atoms with Gasteiger partial charge < -0.3 is 14.8 Å². The molecule has 1 aromatic rings. The predicted molar refractivity (Wildman–Crippen MR) is 81.6 cm³/mol. The van der Waals surface area contributed by atoms with Crippen molar-refractivity contribution in [2.45, 2.75) is 18.6 Å².